The van der Waals surface area contributed by atoms with Gasteiger partial charge in [-0.15, -0.1) is 0 Å². The number of hydrogen-bond donors (Lipinski definition) is 3. The number of carbonyl (C=O) groups excluding carboxylic acids is 4. The maximum absolute atomic E-state index is 10.8. The minimum absolute atomic E-state index is 0.345. The van der Waals surface area contributed by atoms with Gasteiger partial charge in [0.15, 0.2) is 12.2 Å². The van der Waals surface area contributed by atoms with Gasteiger partial charge in [-0.05, 0) is 6.42 Å². The molecule has 0 aliphatic rings. The van der Waals surface area contributed by atoms with Crippen LogP contribution in [0.15, 0.2) is 0 Å². The molecule has 2 atom stereocenters. The van der Waals surface area contributed by atoms with Crippen molar-refractivity contribution in [1.29, 1.82) is 0 Å². The minimum atomic E-state index is -2.30. The largest absolute Gasteiger partial charge is 0.481 e. The molecule has 10 nitrogen and oxygen atoms in total. The summed E-state index contributed by atoms with van der Waals surface area (Å²) in [4.78, 5) is 52.7. The van der Waals surface area contributed by atoms with Crippen LogP contribution in [0.1, 0.15) is 124 Å². The second-order valence-corrected chi connectivity index (χ2v) is 8.81. The van der Waals surface area contributed by atoms with Crippen LogP contribution in [0.4, 0.5) is 0 Å². The quantitative estimate of drug-likeness (QED) is 0.128. The molecule has 0 saturated heterocycles. The van der Waals surface area contributed by atoms with E-state index in [1.807, 2.05) is 0 Å². The summed E-state index contributed by atoms with van der Waals surface area (Å²) in [5.41, 5.74) is 0. The molecular weight excluding hydrogens is 472 g/mol. The van der Waals surface area contributed by atoms with E-state index in [-0.39, 0.29) is 0 Å². The molecule has 0 aromatic rings. The Morgan fingerprint density at radius 1 is 0.556 bits per heavy atom. The minimum Gasteiger partial charge on any atom is -0.481 e. The van der Waals surface area contributed by atoms with E-state index in [1.165, 1.54) is 83.5 Å². The third-order valence-corrected chi connectivity index (χ3v) is 5.26. The van der Waals surface area contributed by atoms with Gasteiger partial charge in [-0.25, -0.2) is 9.59 Å². The summed E-state index contributed by atoms with van der Waals surface area (Å²) in [6.45, 7) is 4.06. The Morgan fingerprint density at radius 2 is 0.833 bits per heavy atom. The molecule has 0 spiro atoms. The van der Waals surface area contributed by atoms with Crippen molar-refractivity contribution in [1.82, 2.24) is 0 Å². The number of esters is 4. The van der Waals surface area contributed by atoms with Gasteiger partial charge in [-0.3, -0.25) is 14.4 Å². The lowest BCUT2D eigenvalue weighted by molar-refractivity contribution is -0.179. The fourth-order valence-electron chi connectivity index (χ4n) is 3.31. The average molecular weight is 519 g/mol. The van der Waals surface area contributed by atoms with Crippen molar-refractivity contribution in [2.45, 2.75) is 136 Å². The number of unbranched alkanes of at least 4 members (excludes halogenated alkanes) is 14. The fraction of sp³-hybridized carbons (Fsp3) is 0.808. The van der Waals surface area contributed by atoms with Crippen LogP contribution in [0, 0.1) is 0 Å². The lowest BCUT2D eigenvalue weighted by atomic mass is 10.0. The molecule has 0 fully saturated rings. The number of carbonyl (C=O) groups is 5. The summed E-state index contributed by atoms with van der Waals surface area (Å²) in [5.74, 6) is -5.71. The number of ether oxygens (including phenoxy) is 2. The molecular formula is C26H46O10. The first-order valence-corrected chi connectivity index (χ1v) is 13.0. The summed E-state index contributed by atoms with van der Waals surface area (Å²) in [5, 5.41) is 26.6. The molecule has 0 bridgehead atoms. The third kappa shape index (κ3) is 24.8. The summed E-state index contributed by atoms with van der Waals surface area (Å²) in [7, 11) is 0. The number of carboxylic acids is 1. The summed E-state index contributed by atoms with van der Waals surface area (Å²) < 4.78 is 7.82. The van der Waals surface area contributed by atoms with Gasteiger partial charge in [0.05, 0.1) is 0 Å². The number of hydrogen-bond acceptors (Lipinski definition) is 9. The van der Waals surface area contributed by atoms with Crippen LogP contribution in [0.2, 0.25) is 0 Å². The lowest BCUT2D eigenvalue weighted by Crippen LogP contribution is -2.42. The number of aliphatic hydroxyl groups is 2. The molecule has 0 aliphatic carbocycles. The van der Waals surface area contributed by atoms with Gasteiger partial charge in [0, 0.05) is 20.3 Å². The molecule has 0 aromatic carbocycles. The Labute approximate surface area is 214 Å². The van der Waals surface area contributed by atoms with Crippen molar-refractivity contribution in [2.75, 3.05) is 0 Å². The average Bonchev–Trinajstić information content (AvgIpc) is 2.80. The molecule has 36 heavy (non-hydrogen) atoms. The monoisotopic (exact) mass is 518 g/mol. The molecule has 0 rings (SSSR count). The predicted molar refractivity (Wildman–Crippen MR) is 133 cm³/mol. The van der Waals surface area contributed by atoms with Gasteiger partial charge in [0.25, 0.3) is 0 Å². The van der Waals surface area contributed by atoms with E-state index in [4.69, 9.17) is 15.3 Å². The smallest absolute Gasteiger partial charge is 0.345 e. The van der Waals surface area contributed by atoms with Crippen LogP contribution >= 0.6 is 0 Å². The van der Waals surface area contributed by atoms with E-state index in [1.54, 1.807) is 0 Å². The van der Waals surface area contributed by atoms with Gasteiger partial charge in [-0.2, -0.15) is 0 Å². The first kappa shape index (κ1) is 35.8. The normalized spacial score (nSPS) is 12.0. The second kappa shape index (κ2) is 24.4. The van der Waals surface area contributed by atoms with E-state index in [2.05, 4.69) is 16.4 Å². The number of aliphatic hydroxyl groups excluding tert-OH is 2. The first-order valence-electron chi connectivity index (χ1n) is 13.0. The highest BCUT2D eigenvalue weighted by Gasteiger charge is 2.34. The van der Waals surface area contributed by atoms with Crippen LogP contribution in [0.25, 0.3) is 0 Å². The zero-order valence-electron chi connectivity index (χ0n) is 22.2. The van der Waals surface area contributed by atoms with Crippen LogP contribution in [-0.4, -0.2) is 57.4 Å². The lowest BCUT2D eigenvalue weighted by Gasteiger charge is -2.13. The Bertz CT molecular complexity index is 600. The van der Waals surface area contributed by atoms with Crippen LogP contribution in [0.5, 0.6) is 0 Å². The van der Waals surface area contributed by atoms with E-state index < -0.39 is 42.1 Å². The summed E-state index contributed by atoms with van der Waals surface area (Å²) in [6.07, 6.45) is 15.6. The van der Waals surface area contributed by atoms with Crippen LogP contribution < -0.4 is 0 Å². The van der Waals surface area contributed by atoms with Crippen molar-refractivity contribution in [3.8, 4) is 0 Å². The number of carboxylic acid groups (broad SMARTS) is 1. The van der Waals surface area contributed by atoms with Crippen molar-refractivity contribution >= 4 is 29.8 Å². The van der Waals surface area contributed by atoms with Crippen molar-refractivity contribution in [3.05, 3.63) is 0 Å². The predicted octanol–water partition coefficient (Wildman–Crippen LogP) is 4.22. The van der Waals surface area contributed by atoms with Gasteiger partial charge < -0.3 is 24.8 Å². The second-order valence-electron chi connectivity index (χ2n) is 8.81. The highest BCUT2D eigenvalue weighted by Crippen LogP contribution is 2.13. The molecule has 0 aliphatic heterocycles. The number of aliphatic carboxylic acids is 1. The molecule has 0 saturated carbocycles. The highest BCUT2D eigenvalue weighted by atomic mass is 16.6. The van der Waals surface area contributed by atoms with Crippen LogP contribution in [0.3, 0.4) is 0 Å². The molecule has 210 valence electrons. The van der Waals surface area contributed by atoms with Gasteiger partial charge in [-0.1, -0.05) is 96.8 Å². The molecule has 0 aromatic heterocycles. The van der Waals surface area contributed by atoms with E-state index in [0.29, 0.717) is 6.42 Å². The Balaban J connectivity index is 0. The van der Waals surface area contributed by atoms with Crippen molar-refractivity contribution < 1.29 is 48.8 Å². The Kier molecular flexibility index (Phi) is 24.3. The van der Waals surface area contributed by atoms with E-state index >= 15 is 0 Å². The summed E-state index contributed by atoms with van der Waals surface area (Å²) in [6, 6.07) is 0. The maximum Gasteiger partial charge on any atom is 0.345 e. The van der Waals surface area contributed by atoms with Crippen LogP contribution in [-0.2, 0) is 33.4 Å². The van der Waals surface area contributed by atoms with Gasteiger partial charge >= 0.3 is 29.8 Å². The molecule has 10 heteroatoms. The maximum atomic E-state index is 10.8. The van der Waals surface area contributed by atoms with Gasteiger partial charge in [0.2, 0.25) is 0 Å². The summed E-state index contributed by atoms with van der Waals surface area (Å²) >= 11 is 0. The van der Waals surface area contributed by atoms with E-state index in [9.17, 15) is 24.0 Å². The standard InChI is InChI=1S/C18H36O2.C8H10O8/c1-2-3-4-5-6-7-8-9-10-11-12-13-14-15-16-17-18(19)20;1-3(9)15-7(13)5(11)6(12)8(14)16-4(2)10/h2-17H2,1H3,(H,19,20);5-6,11-12H,1-2H3. The molecule has 2 unspecified atom stereocenters. The van der Waals surface area contributed by atoms with Crippen molar-refractivity contribution in [2.24, 2.45) is 0 Å². The first-order chi connectivity index (χ1) is 17.0. The Morgan fingerprint density at radius 3 is 1.08 bits per heavy atom. The van der Waals surface area contributed by atoms with Gasteiger partial charge in [0.1, 0.15) is 0 Å². The molecule has 3 N–H and O–H groups in total. The number of rotatable bonds is 19. The molecule has 0 amide bonds. The Hall–Kier alpha value is -2.33. The SMILES string of the molecule is CC(=O)OC(=O)C(O)C(O)C(=O)OC(C)=O.CCCCCCCCCCCCCCCCCC(=O)O. The molecule has 0 heterocycles. The van der Waals surface area contributed by atoms with Crippen molar-refractivity contribution in [3.63, 3.8) is 0 Å². The fourth-order valence-corrected chi connectivity index (χ4v) is 3.31. The topological polar surface area (TPSA) is 164 Å². The molecule has 0 radical (unpaired) electrons. The zero-order chi connectivity index (χ0) is 27.8. The third-order valence-electron chi connectivity index (χ3n) is 5.26. The van der Waals surface area contributed by atoms with E-state index in [0.717, 1.165) is 26.7 Å². The zero-order valence-corrected chi connectivity index (χ0v) is 22.2. The highest BCUT2D eigenvalue weighted by molar-refractivity contribution is 5.93.